The number of carbonyl (C=O) groups is 1. The molecule has 2 unspecified atom stereocenters. The van der Waals surface area contributed by atoms with E-state index < -0.39 is 17.8 Å². The Morgan fingerprint density at radius 1 is 1.00 bits per heavy atom. The zero-order valence-corrected chi connectivity index (χ0v) is 21.7. The van der Waals surface area contributed by atoms with Gasteiger partial charge in [-0.05, 0) is 51.3 Å². The first-order valence-corrected chi connectivity index (χ1v) is 12.7. The molecule has 178 valence electrons. The molecule has 1 fully saturated rings. The maximum absolute atomic E-state index is 14.6. The van der Waals surface area contributed by atoms with Crippen LogP contribution < -0.4 is 0 Å². The predicted octanol–water partition coefficient (Wildman–Crippen LogP) is 5.66. The molecule has 0 radical (unpaired) electrons. The molecule has 5 rings (SSSR count). The lowest BCUT2D eigenvalue weighted by molar-refractivity contribution is -0.141. The lowest BCUT2D eigenvalue weighted by atomic mass is 9.89. The molecule has 0 spiro atoms. The van der Waals surface area contributed by atoms with E-state index in [1.807, 2.05) is 54.6 Å². The zero-order valence-electron chi connectivity index (χ0n) is 18.5. The lowest BCUT2D eigenvalue weighted by Gasteiger charge is -2.37. The Bertz CT molecular complexity index is 1330. The summed E-state index contributed by atoms with van der Waals surface area (Å²) < 4.78 is 23.0. The molecular formula is C26H21Br2FN4O2. The van der Waals surface area contributed by atoms with Gasteiger partial charge in [0.25, 0.3) is 0 Å². The van der Waals surface area contributed by atoms with Crippen LogP contribution in [-0.2, 0) is 9.53 Å². The van der Waals surface area contributed by atoms with Gasteiger partial charge in [-0.1, -0.05) is 69.7 Å². The van der Waals surface area contributed by atoms with Gasteiger partial charge in [0.1, 0.15) is 17.4 Å². The van der Waals surface area contributed by atoms with Gasteiger partial charge >= 0.3 is 0 Å². The van der Waals surface area contributed by atoms with Crippen molar-refractivity contribution >= 4 is 37.8 Å². The molecule has 0 saturated carbocycles. The second-order valence-electron chi connectivity index (χ2n) is 8.18. The van der Waals surface area contributed by atoms with E-state index in [1.165, 1.54) is 4.68 Å². The first-order valence-electron chi connectivity index (χ1n) is 11.1. The third-order valence-electron chi connectivity index (χ3n) is 6.03. The van der Waals surface area contributed by atoms with Gasteiger partial charge < -0.3 is 9.64 Å². The Morgan fingerprint density at radius 2 is 1.74 bits per heavy atom. The number of ether oxygens (including phenoxy) is 1. The van der Waals surface area contributed by atoms with Crippen molar-refractivity contribution in [3.63, 3.8) is 0 Å². The highest BCUT2D eigenvalue weighted by atomic mass is 79.9. The Balaban J connectivity index is 1.50. The van der Waals surface area contributed by atoms with Gasteiger partial charge in [0.2, 0.25) is 5.91 Å². The zero-order chi connectivity index (χ0) is 24.4. The maximum Gasteiger partial charge on any atom is 0.235 e. The Kier molecular flexibility index (Phi) is 7.08. The van der Waals surface area contributed by atoms with E-state index in [2.05, 4.69) is 42.2 Å². The molecule has 0 N–H and O–H groups in total. The van der Waals surface area contributed by atoms with Gasteiger partial charge in [-0.3, -0.25) is 4.79 Å². The Labute approximate surface area is 219 Å². The van der Waals surface area contributed by atoms with Crippen LogP contribution in [0.3, 0.4) is 0 Å². The third kappa shape index (κ3) is 4.94. The second-order valence-corrected chi connectivity index (χ2v) is 9.95. The van der Waals surface area contributed by atoms with Crippen LogP contribution in [0.25, 0.3) is 5.69 Å². The Morgan fingerprint density at radius 3 is 2.51 bits per heavy atom. The predicted molar refractivity (Wildman–Crippen MR) is 137 cm³/mol. The topological polar surface area (TPSA) is 60.2 Å². The van der Waals surface area contributed by atoms with Gasteiger partial charge in [-0.15, -0.1) is 5.10 Å². The summed E-state index contributed by atoms with van der Waals surface area (Å²) in [6.45, 7) is 1.13. The van der Waals surface area contributed by atoms with Crippen LogP contribution >= 0.6 is 31.9 Å². The number of morpholine rings is 1. The Hall–Kier alpha value is -2.88. The first kappa shape index (κ1) is 23.8. The molecule has 0 aliphatic carbocycles. The first-order chi connectivity index (χ1) is 17.0. The number of rotatable bonds is 5. The van der Waals surface area contributed by atoms with Crippen LogP contribution in [0, 0.1) is 5.82 Å². The molecule has 0 bridgehead atoms. The molecule has 2 atom stereocenters. The number of hydrogen-bond donors (Lipinski definition) is 0. The van der Waals surface area contributed by atoms with E-state index in [4.69, 9.17) is 4.74 Å². The van der Waals surface area contributed by atoms with E-state index in [-0.39, 0.29) is 18.2 Å². The van der Waals surface area contributed by atoms with Crippen LogP contribution in [0.2, 0.25) is 0 Å². The van der Waals surface area contributed by atoms with Gasteiger partial charge in [0.15, 0.2) is 5.82 Å². The molecule has 3 aromatic carbocycles. The van der Waals surface area contributed by atoms with E-state index in [9.17, 15) is 9.18 Å². The van der Waals surface area contributed by atoms with Crippen LogP contribution in [0.15, 0.2) is 87.9 Å². The number of aromatic nitrogens is 3. The highest BCUT2D eigenvalue weighted by Gasteiger charge is 2.36. The van der Waals surface area contributed by atoms with Crippen molar-refractivity contribution in [2.45, 2.75) is 12.0 Å². The van der Waals surface area contributed by atoms with Gasteiger partial charge in [-0.2, -0.15) is 0 Å². The highest BCUT2D eigenvalue weighted by Crippen LogP contribution is 2.33. The van der Waals surface area contributed by atoms with Crippen molar-refractivity contribution in [2.24, 2.45) is 0 Å². The largest absolute Gasteiger partial charge is 0.377 e. The standard InChI is InChI=1S/C26H21Br2FN4O2/c27-19-11-9-18(10-12-19)24(17-5-2-1-3-6-17)26(34)32-13-14-35-16-23(32)21-15-33(31-30-21)22-8-4-7-20(28)25(22)29/h1-12,15,23-24H,13-14,16H2. The molecular weight excluding hydrogens is 579 g/mol. The minimum atomic E-state index is -0.484. The average Bonchev–Trinajstić information content (AvgIpc) is 3.37. The molecule has 6 nitrogen and oxygen atoms in total. The second kappa shape index (κ2) is 10.4. The molecule has 35 heavy (non-hydrogen) atoms. The molecule has 9 heteroatoms. The average molecular weight is 600 g/mol. The summed E-state index contributed by atoms with van der Waals surface area (Å²) in [6.07, 6.45) is 1.65. The highest BCUT2D eigenvalue weighted by molar-refractivity contribution is 9.10. The van der Waals surface area contributed by atoms with Crippen molar-refractivity contribution < 1.29 is 13.9 Å². The summed E-state index contributed by atoms with van der Waals surface area (Å²) in [5, 5.41) is 8.42. The number of amides is 1. The van der Waals surface area contributed by atoms with Crippen molar-refractivity contribution in [1.82, 2.24) is 19.9 Å². The molecule has 1 aromatic heterocycles. The smallest absolute Gasteiger partial charge is 0.235 e. The van der Waals surface area contributed by atoms with E-state index in [1.54, 1.807) is 29.3 Å². The summed E-state index contributed by atoms with van der Waals surface area (Å²) in [5.74, 6) is -0.964. The summed E-state index contributed by atoms with van der Waals surface area (Å²) in [5.41, 5.74) is 2.62. The quantitative estimate of drug-likeness (QED) is 0.297. The summed E-state index contributed by atoms with van der Waals surface area (Å²) >= 11 is 6.68. The fourth-order valence-corrected chi connectivity index (χ4v) is 4.89. The minimum absolute atomic E-state index is 0.0463. The maximum atomic E-state index is 14.6. The van der Waals surface area contributed by atoms with E-state index in [0.29, 0.717) is 23.3 Å². The summed E-state index contributed by atoms with van der Waals surface area (Å²) in [6, 6.07) is 22.1. The number of nitrogens with zero attached hydrogens (tertiary/aromatic N) is 4. The van der Waals surface area contributed by atoms with Gasteiger partial charge in [0.05, 0.1) is 29.8 Å². The SMILES string of the molecule is O=C(C(c1ccccc1)c1ccc(Br)cc1)N1CCOCC1c1cn(-c2cccc(Br)c2F)nn1. The van der Waals surface area contributed by atoms with Crippen LogP contribution in [0.5, 0.6) is 0 Å². The number of halogens is 3. The number of carbonyl (C=O) groups excluding carboxylic acids is 1. The van der Waals surface area contributed by atoms with Crippen LogP contribution in [0.4, 0.5) is 4.39 Å². The third-order valence-corrected chi connectivity index (χ3v) is 7.17. The van der Waals surface area contributed by atoms with Gasteiger partial charge in [-0.25, -0.2) is 9.07 Å². The van der Waals surface area contributed by atoms with Gasteiger partial charge in [0, 0.05) is 11.0 Å². The lowest BCUT2D eigenvalue weighted by Crippen LogP contribution is -2.45. The fraction of sp³-hybridized carbons (Fsp3) is 0.192. The van der Waals surface area contributed by atoms with Crippen LogP contribution in [0.1, 0.15) is 28.8 Å². The molecule has 1 aliphatic heterocycles. The summed E-state index contributed by atoms with van der Waals surface area (Å²) in [7, 11) is 0. The molecule has 1 amide bonds. The van der Waals surface area contributed by atoms with Crippen molar-refractivity contribution in [3.05, 3.63) is 111 Å². The van der Waals surface area contributed by atoms with Crippen LogP contribution in [-0.4, -0.2) is 45.6 Å². The van der Waals surface area contributed by atoms with Crippen molar-refractivity contribution in [3.8, 4) is 5.69 Å². The molecule has 2 heterocycles. The van der Waals surface area contributed by atoms with E-state index >= 15 is 0 Å². The fourth-order valence-electron chi connectivity index (χ4n) is 4.27. The van der Waals surface area contributed by atoms with Crippen molar-refractivity contribution in [2.75, 3.05) is 19.8 Å². The molecule has 4 aromatic rings. The monoisotopic (exact) mass is 598 g/mol. The molecule has 1 saturated heterocycles. The normalized spacial score (nSPS) is 16.8. The van der Waals surface area contributed by atoms with Crippen molar-refractivity contribution in [1.29, 1.82) is 0 Å². The molecule has 1 aliphatic rings. The summed E-state index contributed by atoms with van der Waals surface area (Å²) in [4.78, 5) is 15.9. The minimum Gasteiger partial charge on any atom is -0.377 e. The number of benzene rings is 3. The van der Waals surface area contributed by atoms with E-state index in [0.717, 1.165) is 15.6 Å². The number of hydrogen-bond acceptors (Lipinski definition) is 4.